The van der Waals surface area contributed by atoms with Crippen molar-refractivity contribution in [3.63, 3.8) is 0 Å². The molecule has 2 saturated heterocycles. The van der Waals surface area contributed by atoms with E-state index in [0.717, 1.165) is 29.3 Å². The Hall–Kier alpha value is -2.21. The Labute approximate surface area is 220 Å². The van der Waals surface area contributed by atoms with Crippen molar-refractivity contribution in [1.82, 2.24) is 14.5 Å². The van der Waals surface area contributed by atoms with Gasteiger partial charge in [-0.2, -0.15) is 0 Å². The highest BCUT2D eigenvalue weighted by atomic mass is 16.5. The summed E-state index contributed by atoms with van der Waals surface area (Å²) in [5.74, 6) is 1.61. The number of aromatic nitrogens is 2. The van der Waals surface area contributed by atoms with Crippen molar-refractivity contribution in [2.24, 2.45) is 11.8 Å². The summed E-state index contributed by atoms with van der Waals surface area (Å²) in [7, 11) is 0. The minimum Gasteiger partial charge on any atom is -0.466 e. The molecule has 2 aromatic rings. The summed E-state index contributed by atoms with van der Waals surface area (Å²) < 4.78 is 7.21. The molecule has 6 nitrogen and oxygen atoms in total. The predicted molar refractivity (Wildman–Crippen MR) is 146 cm³/mol. The first kappa shape index (κ1) is 25.1. The lowest BCUT2D eigenvalue weighted by molar-refractivity contribution is -0.143. The molecule has 6 heteroatoms. The van der Waals surface area contributed by atoms with Gasteiger partial charge in [0.15, 0.2) is 0 Å². The largest absolute Gasteiger partial charge is 0.466 e. The number of esters is 1. The molecule has 0 amide bonds. The summed E-state index contributed by atoms with van der Waals surface area (Å²) in [6.07, 6.45) is 16.1. The third-order valence-electron chi connectivity index (χ3n) is 9.87. The minimum absolute atomic E-state index is 0.0531. The van der Waals surface area contributed by atoms with Gasteiger partial charge in [0.1, 0.15) is 5.69 Å². The van der Waals surface area contributed by atoms with Gasteiger partial charge in [-0.3, -0.25) is 14.5 Å². The molecule has 1 aromatic heterocycles. The van der Waals surface area contributed by atoms with Crippen molar-refractivity contribution in [2.45, 2.75) is 121 Å². The number of benzene rings is 1. The van der Waals surface area contributed by atoms with E-state index in [-0.39, 0.29) is 17.6 Å². The number of piperidine rings is 1. The van der Waals surface area contributed by atoms with Crippen molar-refractivity contribution >= 4 is 17.0 Å². The number of hydrogen-bond donors (Lipinski definition) is 0. The molecule has 2 saturated carbocycles. The Balaban J connectivity index is 1.31. The van der Waals surface area contributed by atoms with E-state index in [0.29, 0.717) is 49.7 Å². The van der Waals surface area contributed by atoms with Gasteiger partial charge in [0.25, 0.3) is 5.56 Å². The van der Waals surface area contributed by atoms with Gasteiger partial charge < -0.3 is 9.30 Å². The maximum Gasteiger partial charge on any atom is 0.305 e. The normalized spacial score (nSPS) is 31.8. The third-order valence-corrected chi connectivity index (χ3v) is 9.87. The van der Waals surface area contributed by atoms with Crippen molar-refractivity contribution < 1.29 is 9.53 Å². The smallest absolute Gasteiger partial charge is 0.305 e. The fourth-order valence-electron chi connectivity index (χ4n) is 8.48. The fraction of sp³-hybridized carbons (Fsp3) is 0.710. The van der Waals surface area contributed by atoms with Crippen LogP contribution in [0.5, 0.6) is 0 Å². The van der Waals surface area contributed by atoms with Gasteiger partial charge in [-0.25, -0.2) is 4.98 Å². The molecule has 0 N–H and O–H groups in total. The maximum absolute atomic E-state index is 14.0. The van der Waals surface area contributed by atoms with Crippen LogP contribution >= 0.6 is 0 Å². The van der Waals surface area contributed by atoms with Crippen LogP contribution < -0.4 is 5.56 Å². The van der Waals surface area contributed by atoms with Gasteiger partial charge in [-0.1, -0.05) is 44.2 Å². The highest BCUT2D eigenvalue weighted by Gasteiger charge is 2.49. The zero-order valence-electron chi connectivity index (χ0n) is 22.4. The first-order valence-electron chi connectivity index (χ1n) is 15.1. The summed E-state index contributed by atoms with van der Waals surface area (Å²) in [4.78, 5) is 33.6. The molecule has 3 heterocycles. The van der Waals surface area contributed by atoms with Crippen LogP contribution in [0.2, 0.25) is 0 Å². The Morgan fingerprint density at radius 3 is 2.51 bits per heavy atom. The molecule has 2 aliphatic carbocycles. The zero-order chi connectivity index (χ0) is 25.4. The molecule has 5 atom stereocenters. The van der Waals surface area contributed by atoms with E-state index in [4.69, 9.17) is 9.72 Å². The number of carbonyl (C=O) groups excluding carboxylic acids is 1. The van der Waals surface area contributed by atoms with Crippen LogP contribution in [0.15, 0.2) is 29.1 Å². The van der Waals surface area contributed by atoms with Gasteiger partial charge in [-0.05, 0) is 82.3 Å². The second kappa shape index (κ2) is 10.9. The quantitative estimate of drug-likeness (QED) is 0.445. The Bertz CT molecular complexity index is 1160. The predicted octanol–water partition coefficient (Wildman–Crippen LogP) is 5.81. The molecule has 4 fully saturated rings. The molecule has 0 spiro atoms. The molecule has 4 bridgehead atoms. The Morgan fingerprint density at radius 2 is 1.73 bits per heavy atom. The average Bonchev–Trinajstić information content (AvgIpc) is 3.00. The van der Waals surface area contributed by atoms with Gasteiger partial charge in [0.2, 0.25) is 0 Å². The number of ether oxygens (including phenoxy) is 1. The van der Waals surface area contributed by atoms with Crippen LogP contribution in [0.1, 0.15) is 102 Å². The SMILES string of the molecule is CCOC(=O)CCCc1nc2ccccc2n([C@@H]2C[C@@H]3CCC[C@H]2N3C2CC3CCCCC(C3)C2)c1=O. The van der Waals surface area contributed by atoms with E-state index < -0.39 is 0 Å². The maximum atomic E-state index is 14.0. The van der Waals surface area contributed by atoms with Crippen molar-refractivity contribution in [3.8, 4) is 0 Å². The van der Waals surface area contributed by atoms with Crippen LogP contribution in [0.25, 0.3) is 11.0 Å². The lowest BCUT2D eigenvalue weighted by Gasteiger charge is -2.46. The Kier molecular flexibility index (Phi) is 7.38. The van der Waals surface area contributed by atoms with Crippen LogP contribution in [0.4, 0.5) is 0 Å². The number of nitrogens with zero attached hydrogens (tertiary/aromatic N) is 3. The molecule has 0 radical (unpaired) electrons. The molecule has 2 aliphatic heterocycles. The fourth-order valence-corrected chi connectivity index (χ4v) is 8.48. The van der Waals surface area contributed by atoms with Crippen molar-refractivity contribution in [2.75, 3.05) is 6.61 Å². The second-order valence-electron chi connectivity index (χ2n) is 12.2. The number of fused-ring (bicyclic) bond motifs is 5. The van der Waals surface area contributed by atoms with Crippen LogP contribution in [-0.4, -0.2) is 45.2 Å². The average molecular weight is 506 g/mol. The van der Waals surface area contributed by atoms with E-state index in [1.165, 1.54) is 64.2 Å². The Morgan fingerprint density at radius 1 is 0.946 bits per heavy atom. The monoisotopic (exact) mass is 505 g/mol. The summed E-state index contributed by atoms with van der Waals surface area (Å²) in [6, 6.07) is 10.1. The standard InChI is InChI=1S/C31H43N3O3/c1-2-37-30(35)16-8-13-26-31(36)34(27-14-6-5-12-25(27)32-26)29-20-23-11-7-15-28(29)33(23)24-18-21-9-3-4-10-22(17-21)19-24/h5-6,12,14,21-24,28-29H,2-4,7-11,13,15-20H2,1H3/t21?,22?,23-,24?,28+,29+/m0/s1. The van der Waals surface area contributed by atoms with Gasteiger partial charge in [0.05, 0.1) is 23.7 Å². The van der Waals surface area contributed by atoms with E-state index in [1.807, 2.05) is 25.1 Å². The van der Waals surface area contributed by atoms with Crippen LogP contribution in [0.3, 0.4) is 0 Å². The lowest BCUT2D eigenvalue weighted by atomic mass is 9.76. The zero-order valence-corrected chi connectivity index (χ0v) is 22.4. The molecule has 1 aromatic carbocycles. The molecule has 4 aliphatic rings. The molecule has 6 rings (SSSR count). The number of rotatable bonds is 7. The molecular weight excluding hydrogens is 462 g/mol. The molecule has 200 valence electrons. The van der Waals surface area contributed by atoms with E-state index in [1.54, 1.807) is 0 Å². The van der Waals surface area contributed by atoms with E-state index in [2.05, 4.69) is 15.5 Å². The van der Waals surface area contributed by atoms with E-state index >= 15 is 0 Å². The molecule has 2 unspecified atom stereocenters. The van der Waals surface area contributed by atoms with Crippen molar-refractivity contribution in [1.29, 1.82) is 0 Å². The highest BCUT2D eigenvalue weighted by Crippen LogP contribution is 2.49. The second-order valence-corrected chi connectivity index (χ2v) is 12.2. The van der Waals surface area contributed by atoms with Gasteiger partial charge in [0, 0.05) is 24.5 Å². The topological polar surface area (TPSA) is 64.4 Å². The summed E-state index contributed by atoms with van der Waals surface area (Å²) in [5, 5.41) is 0. The van der Waals surface area contributed by atoms with Crippen LogP contribution in [-0.2, 0) is 16.0 Å². The lowest BCUT2D eigenvalue weighted by Crippen LogP contribution is -2.51. The number of aryl methyl sites for hydroxylation is 1. The highest BCUT2D eigenvalue weighted by molar-refractivity contribution is 5.75. The molecule has 37 heavy (non-hydrogen) atoms. The van der Waals surface area contributed by atoms with Gasteiger partial charge in [-0.15, -0.1) is 0 Å². The summed E-state index contributed by atoms with van der Waals surface area (Å²) >= 11 is 0. The number of para-hydroxylation sites is 2. The number of carbonyl (C=O) groups is 1. The van der Waals surface area contributed by atoms with Gasteiger partial charge >= 0.3 is 5.97 Å². The van der Waals surface area contributed by atoms with E-state index in [9.17, 15) is 9.59 Å². The number of hydrogen-bond acceptors (Lipinski definition) is 5. The molecular formula is C31H43N3O3. The summed E-state index contributed by atoms with van der Waals surface area (Å²) in [5.41, 5.74) is 2.51. The first-order valence-corrected chi connectivity index (χ1v) is 15.1. The van der Waals surface area contributed by atoms with Crippen molar-refractivity contribution in [3.05, 3.63) is 40.3 Å². The third kappa shape index (κ3) is 4.98. The minimum atomic E-state index is -0.197. The first-order chi connectivity index (χ1) is 18.1. The summed E-state index contributed by atoms with van der Waals surface area (Å²) in [6.45, 7) is 2.22. The van der Waals surface area contributed by atoms with Crippen LogP contribution in [0, 0.1) is 11.8 Å².